The number of nitrogens with two attached hydrogens (primary N) is 1. The monoisotopic (exact) mass is 336 g/mol. The summed E-state index contributed by atoms with van der Waals surface area (Å²) in [6.07, 6.45) is 6.92. The van der Waals surface area contributed by atoms with Crippen LogP contribution in [0.25, 0.3) is 0 Å². The first-order valence-electron chi connectivity index (χ1n) is 8.60. The zero-order valence-corrected chi connectivity index (χ0v) is 14.4. The van der Waals surface area contributed by atoms with Gasteiger partial charge in [0, 0.05) is 44.3 Å². The highest BCUT2D eigenvalue weighted by atomic mass is 35.5. The number of fused-ring (bicyclic) bond motifs is 2. The number of halogens is 1. The van der Waals surface area contributed by atoms with Crippen LogP contribution in [0.4, 0.5) is 11.6 Å². The Kier molecular flexibility index (Phi) is 4.07. The van der Waals surface area contributed by atoms with E-state index in [-0.39, 0.29) is 0 Å². The zero-order valence-electron chi connectivity index (χ0n) is 13.7. The van der Waals surface area contributed by atoms with Gasteiger partial charge in [0.2, 0.25) is 0 Å². The minimum Gasteiger partial charge on any atom is -0.382 e. The Morgan fingerprint density at radius 1 is 1.04 bits per heavy atom. The van der Waals surface area contributed by atoms with Crippen LogP contribution >= 0.6 is 11.6 Å². The Labute approximate surface area is 142 Å². The van der Waals surface area contributed by atoms with E-state index in [1.807, 2.05) is 0 Å². The summed E-state index contributed by atoms with van der Waals surface area (Å²) in [5, 5.41) is 0.485. The Morgan fingerprint density at radius 3 is 2.35 bits per heavy atom. The first-order chi connectivity index (χ1) is 11.1. The van der Waals surface area contributed by atoms with Gasteiger partial charge in [0.1, 0.15) is 17.2 Å². The molecule has 1 aromatic heterocycles. The summed E-state index contributed by atoms with van der Waals surface area (Å²) in [6, 6.07) is 2.34. The number of nitrogens with zero attached hydrogens (tertiary/aromatic N) is 5. The maximum atomic E-state index is 6.26. The molecule has 23 heavy (non-hydrogen) atoms. The summed E-state index contributed by atoms with van der Waals surface area (Å²) in [4.78, 5) is 15.8. The minimum absolute atomic E-state index is 0.367. The molecule has 0 saturated carbocycles. The van der Waals surface area contributed by atoms with Crippen LogP contribution in [0.1, 0.15) is 25.7 Å². The van der Waals surface area contributed by atoms with E-state index in [1.54, 1.807) is 0 Å². The second kappa shape index (κ2) is 6.07. The number of hydrogen-bond donors (Lipinski definition) is 1. The predicted molar refractivity (Wildman–Crippen MR) is 92.8 cm³/mol. The molecule has 2 bridgehead atoms. The predicted octanol–water partition coefficient (Wildman–Crippen LogP) is 1.46. The van der Waals surface area contributed by atoms with Crippen molar-refractivity contribution in [3.63, 3.8) is 0 Å². The number of piperazine rings is 1. The highest BCUT2D eigenvalue weighted by Crippen LogP contribution is 2.37. The first kappa shape index (κ1) is 15.4. The van der Waals surface area contributed by atoms with Gasteiger partial charge in [0.05, 0.1) is 0 Å². The molecule has 3 aliphatic heterocycles. The number of nitrogen functional groups attached to an aromatic ring is 1. The van der Waals surface area contributed by atoms with Crippen LogP contribution < -0.4 is 10.6 Å². The van der Waals surface area contributed by atoms with Gasteiger partial charge in [0.25, 0.3) is 0 Å². The summed E-state index contributed by atoms with van der Waals surface area (Å²) >= 11 is 6.26. The van der Waals surface area contributed by atoms with Gasteiger partial charge in [-0.2, -0.15) is 0 Å². The van der Waals surface area contributed by atoms with Crippen molar-refractivity contribution in [2.24, 2.45) is 0 Å². The normalized spacial score (nSPS) is 32.4. The number of anilines is 2. The molecule has 0 radical (unpaired) electrons. The molecule has 3 fully saturated rings. The van der Waals surface area contributed by atoms with Crippen molar-refractivity contribution in [3.05, 3.63) is 11.3 Å². The Balaban J connectivity index is 1.39. The van der Waals surface area contributed by atoms with E-state index in [0.717, 1.165) is 50.1 Å². The lowest BCUT2D eigenvalue weighted by Gasteiger charge is -2.45. The average molecular weight is 337 g/mol. The molecule has 6 nitrogen and oxygen atoms in total. The second-order valence-corrected chi connectivity index (χ2v) is 7.47. The molecule has 0 aromatic carbocycles. The molecule has 3 aliphatic rings. The third kappa shape index (κ3) is 2.77. The Bertz CT molecular complexity index is 560. The fourth-order valence-corrected chi connectivity index (χ4v) is 4.79. The molecule has 126 valence electrons. The SMILES string of the molecule is CN1[C@H]2CC[C@H]1CC(N1CCN(c3ncnc(N)c3Cl)CC1)C2. The quantitative estimate of drug-likeness (QED) is 0.882. The summed E-state index contributed by atoms with van der Waals surface area (Å²) in [6.45, 7) is 4.07. The fourth-order valence-electron chi connectivity index (χ4n) is 4.57. The highest BCUT2D eigenvalue weighted by Gasteiger charge is 2.40. The zero-order chi connectivity index (χ0) is 16.0. The molecular formula is C16H25ClN6. The van der Waals surface area contributed by atoms with Crippen LogP contribution in [-0.2, 0) is 0 Å². The van der Waals surface area contributed by atoms with Gasteiger partial charge in [0.15, 0.2) is 5.82 Å². The molecule has 3 saturated heterocycles. The van der Waals surface area contributed by atoms with Crippen molar-refractivity contribution >= 4 is 23.2 Å². The maximum Gasteiger partial charge on any atom is 0.153 e. The van der Waals surface area contributed by atoms with Gasteiger partial charge in [-0.15, -0.1) is 0 Å². The molecule has 0 spiro atoms. The van der Waals surface area contributed by atoms with Gasteiger partial charge >= 0.3 is 0 Å². The molecule has 0 aliphatic carbocycles. The lowest BCUT2D eigenvalue weighted by atomic mass is 9.96. The first-order valence-corrected chi connectivity index (χ1v) is 8.98. The third-order valence-electron chi connectivity index (χ3n) is 6.00. The van der Waals surface area contributed by atoms with Crippen LogP contribution in [0.15, 0.2) is 6.33 Å². The highest BCUT2D eigenvalue weighted by molar-refractivity contribution is 6.35. The van der Waals surface area contributed by atoms with Gasteiger partial charge in [-0.1, -0.05) is 11.6 Å². The number of rotatable bonds is 2. The standard InChI is InChI=1S/C16H25ClN6/c1-21-11-2-3-12(21)9-13(8-11)22-4-6-23(7-5-22)16-14(17)15(18)19-10-20-16/h10-13H,2-9H2,1H3,(H2,18,19,20)/t11-,12-/m0/s1. The lowest BCUT2D eigenvalue weighted by Crippen LogP contribution is -2.55. The molecule has 7 heteroatoms. The van der Waals surface area contributed by atoms with E-state index in [1.165, 1.54) is 32.0 Å². The number of hydrogen-bond acceptors (Lipinski definition) is 6. The topological polar surface area (TPSA) is 61.5 Å². The van der Waals surface area contributed by atoms with E-state index in [4.69, 9.17) is 17.3 Å². The van der Waals surface area contributed by atoms with Gasteiger partial charge in [-0.05, 0) is 32.7 Å². The molecular weight excluding hydrogens is 312 g/mol. The number of piperidine rings is 1. The van der Waals surface area contributed by atoms with Crippen molar-refractivity contribution < 1.29 is 0 Å². The summed E-state index contributed by atoms with van der Waals surface area (Å²) < 4.78 is 0. The van der Waals surface area contributed by atoms with Crippen molar-refractivity contribution in [2.75, 3.05) is 43.9 Å². The smallest absolute Gasteiger partial charge is 0.153 e. The maximum absolute atomic E-state index is 6.26. The fraction of sp³-hybridized carbons (Fsp3) is 0.750. The summed E-state index contributed by atoms with van der Waals surface area (Å²) in [7, 11) is 2.30. The second-order valence-electron chi connectivity index (χ2n) is 7.10. The molecule has 1 aromatic rings. The largest absolute Gasteiger partial charge is 0.382 e. The van der Waals surface area contributed by atoms with Crippen molar-refractivity contribution in [2.45, 2.75) is 43.8 Å². The Hall–Kier alpha value is -1.11. The molecule has 4 rings (SSSR count). The average Bonchev–Trinajstić information content (AvgIpc) is 2.78. The van der Waals surface area contributed by atoms with E-state index >= 15 is 0 Å². The van der Waals surface area contributed by atoms with Crippen molar-refractivity contribution in [1.82, 2.24) is 19.8 Å². The molecule has 4 heterocycles. The van der Waals surface area contributed by atoms with Gasteiger partial charge in [-0.3, -0.25) is 4.90 Å². The van der Waals surface area contributed by atoms with Crippen molar-refractivity contribution in [3.8, 4) is 0 Å². The molecule has 0 amide bonds. The summed E-state index contributed by atoms with van der Waals surface area (Å²) in [5.74, 6) is 1.15. The van der Waals surface area contributed by atoms with E-state index < -0.39 is 0 Å². The summed E-state index contributed by atoms with van der Waals surface area (Å²) in [5.41, 5.74) is 5.80. The third-order valence-corrected chi connectivity index (χ3v) is 6.36. The van der Waals surface area contributed by atoms with Crippen LogP contribution in [0.5, 0.6) is 0 Å². The Morgan fingerprint density at radius 2 is 1.70 bits per heavy atom. The van der Waals surface area contributed by atoms with Crippen LogP contribution in [0, 0.1) is 0 Å². The van der Waals surface area contributed by atoms with E-state index in [2.05, 4.69) is 31.7 Å². The van der Waals surface area contributed by atoms with Crippen molar-refractivity contribution in [1.29, 1.82) is 0 Å². The van der Waals surface area contributed by atoms with Crippen LogP contribution in [0.3, 0.4) is 0 Å². The van der Waals surface area contributed by atoms with Gasteiger partial charge in [-0.25, -0.2) is 9.97 Å². The molecule has 0 unspecified atom stereocenters. The molecule has 2 atom stereocenters. The lowest BCUT2D eigenvalue weighted by molar-refractivity contribution is 0.0718. The van der Waals surface area contributed by atoms with Crippen LogP contribution in [0.2, 0.25) is 5.02 Å². The molecule has 2 N–H and O–H groups in total. The van der Waals surface area contributed by atoms with E-state index in [9.17, 15) is 0 Å². The van der Waals surface area contributed by atoms with Crippen LogP contribution in [-0.4, -0.2) is 71.1 Å². The van der Waals surface area contributed by atoms with E-state index in [0.29, 0.717) is 10.8 Å². The minimum atomic E-state index is 0.367. The van der Waals surface area contributed by atoms with Gasteiger partial charge < -0.3 is 15.5 Å². The number of aromatic nitrogens is 2.